The van der Waals surface area contributed by atoms with Crippen LogP contribution in [0.4, 0.5) is 11.6 Å². The molecule has 3 aromatic rings. The standard InChI is InChI=1S/C23H29N7O/c1-17-13-18(2)30(26-17)22(16-31)29-11-9-28(10-12-29)21-8-6-5-7-20(21)19-14-24-23(25-15-19)27(3)4/h5-8,13-16,22H,9-12H2,1-4H3. The Morgan fingerprint density at radius 1 is 1.03 bits per heavy atom. The van der Waals surface area contributed by atoms with Gasteiger partial charge in [-0.05, 0) is 26.0 Å². The number of aromatic nitrogens is 4. The molecular weight excluding hydrogens is 390 g/mol. The Kier molecular flexibility index (Phi) is 5.99. The van der Waals surface area contributed by atoms with Gasteiger partial charge in [-0.25, -0.2) is 14.6 Å². The Hall–Kier alpha value is -3.26. The van der Waals surface area contributed by atoms with Crippen LogP contribution in [-0.4, -0.2) is 71.2 Å². The number of aldehydes is 1. The summed E-state index contributed by atoms with van der Waals surface area (Å²) in [6.07, 6.45) is 4.39. The van der Waals surface area contributed by atoms with Gasteiger partial charge < -0.3 is 9.80 Å². The van der Waals surface area contributed by atoms with Gasteiger partial charge in [0.25, 0.3) is 0 Å². The first-order valence-corrected chi connectivity index (χ1v) is 10.5. The smallest absolute Gasteiger partial charge is 0.224 e. The third-order valence-electron chi connectivity index (χ3n) is 5.70. The van der Waals surface area contributed by atoms with Crippen LogP contribution in [0.3, 0.4) is 0 Å². The normalized spacial score (nSPS) is 15.7. The second kappa shape index (κ2) is 8.85. The lowest BCUT2D eigenvalue weighted by atomic mass is 10.1. The van der Waals surface area contributed by atoms with Crippen LogP contribution in [-0.2, 0) is 4.79 Å². The number of carbonyl (C=O) groups is 1. The van der Waals surface area contributed by atoms with Crippen LogP contribution >= 0.6 is 0 Å². The summed E-state index contributed by atoms with van der Waals surface area (Å²) < 4.78 is 1.83. The van der Waals surface area contributed by atoms with Crippen LogP contribution in [0.25, 0.3) is 11.1 Å². The van der Waals surface area contributed by atoms with Crippen molar-refractivity contribution in [3.8, 4) is 11.1 Å². The van der Waals surface area contributed by atoms with E-state index in [-0.39, 0.29) is 6.17 Å². The SMILES string of the molecule is Cc1cc(C)n(C(C=O)N2CCN(c3ccccc3-c3cnc(N(C)C)nc3)CC2)n1. The van der Waals surface area contributed by atoms with E-state index in [0.717, 1.165) is 60.7 Å². The molecule has 0 bridgehead atoms. The van der Waals surface area contributed by atoms with E-state index in [1.165, 1.54) is 0 Å². The van der Waals surface area contributed by atoms with Crippen LogP contribution in [0, 0.1) is 13.8 Å². The van der Waals surface area contributed by atoms with E-state index >= 15 is 0 Å². The van der Waals surface area contributed by atoms with Gasteiger partial charge in [-0.1, -0.05) is 18.2 Å². The van der Waals surface area contributed by atoms with Crippen LogP contribution in [0.15, 0.2) is 42.7 Å². The first kappa shape index (κ1) is 21.0. The van der Waals surface area contributed by atoms with E-state index in [2.05, 4.69) is 43.1 Å². The topological polar surface area (TPSA) is 70.4 Å². The molecule has 1 unspecified atom stereocenters. The largest absolute Gasteiger partial charge is 0.368 e. The van der Waals surface area contributed by atoms with Crippen LogP contribution in [0.5, 0.6) is 0 Å². The molecule has 1 aromatic carbocycles. The molecule has 4 rings (SSSR count). The van der Waals surface area contributed by atoms with Gasteiger partial charge in [0.05, 0.1) is 5.69 Å². The number of piperazine rings is 1. The molecule has 1 atom stereocenters. The van der Waals surface area contributed by atoms with Gasteiger partial charge in [0.15, 0.2) is 12.5 Å². The number of rotatable bonds is 6. The average Bonchev–Trinajstić information content (AvgIpc) is 3.12. The van der Waals surface area contributed by atoms with Crippen LogP contribution in [0.2, 0.25) is 0 Å². The molecule has 1 fully saturated rings. The molecule has 8 heteroatoms. The van der Waals surface area contributed by atoms with Crippen molar-refractivity contribution in [2.75, 3.05) is 50.1 Å². The minimum absolute atomic E-state index is 0.363. The van der Waals surface area contributed by atoms with Crippen molar-refractivity contribution in [1.29, 1.82) is 0 Å². The third kappa shape index (κ3) is 4.29. The first-order chi connectivity index (χ1) is 15.0. The fourth-order valence-electron chi connectivity index (χ4n) is 4.12. The minimum Gasteiger partial charge on any atom is -0.368 e. The summed E-state index contributed by atoms with van der Waals surface area (Å²) in [6.45, 7) is 7.18. The minimum atomic E-state index is -0.363. The van der Waals surface area contributed by atoms with E-state index in [1.54, 1.807) is 0 Å². The lowest BCUT2D eigenvalue weighted by molar-refractivity contribution is -0.116. The molecule has 0 aliphatic carbocycles. The Balaban J connectivity index is 1.52. The van der Waals surface area contributed by atoms with E-state index < -0.39 is 0 Å². The molecule has 0 radical (unpaired) electrons. The van der Waals surface area contributed by atoms with Gasteiger partial charge in [-0.2, -0.15) is 5.10 Å². The predicted molar refractivity (Wildman–Crippen MR) is 122 cm³/mol. The molecule has 1 aliphatic rings. The second-order valence-corrected chi connectivity index (χ2v) is 8.13. The summed E-state index contributed by atoms with van der Waals surface area (Å²) in [5, 5.41) is 4.52. The number of para-hydroxylation sites is 1. The van der Waals surface area contributed by atoms with Crippen LogP contribution < -0.4 is 9.80 Å². The van der Waals surface area contributed by atoms with Gasteiger partial charge in [0, 0.05) is 75.2 Å². The third-order valence-corrected chi connectivity index (χ3v) is 5.70. The summed E-state index contributed by atoms with van der Waals surface area (Å²) in [7, 11) is 3.86. The predicted octanol–water partition coefficient (Wildman–Crippen LogP) is 2.54. The number of nitrogens with zero attached hydrogens (tertiary/aromatic N) is 7. The highest BCUT2D eigenvalue weighted by molar-refractivity contribution is 5.78. The maximum absolute atomic E-state index is 11.9. The van der Waals surface area contributed by atoms with E-state index in [1.807, 2.05) is 62.1 Å². The quantitative estimate of drug-likeness (QED) is 0.569. The molecule has 0 amide bonds. The summed E-state index contributed by atoms with van der Waals surface area (Å²) >= 11 is 0. The van der Waals surface area contributed by atoms with Crippen molar-refractivity contribution >= 4 is 17.9 Å². The highest BCUT2D eigenvalue weighted by Gasteiger charge is 2.27. The molecule has 0 spiro atoms. The van der Waals surface area contributed by atoms with Crippen molar-refractivity contribution in [3.05, 3.63) is 54.1 Å². The van der Waals surface area contributed by atoms with Crippen molar-refractivity contribution in [3.63, 3.8) is 0 Å². The number of carbonyl (C=O) groups excluding carboxylic acids is 1. The van der Waals surface area contributed by atoms with Crippen molar-refractivity contribution < 1.29 is 4.79 Å². The van der Waals surface area contributed by atoms with E-state index in [4.69, 9.17) is 0 Å². The molecule has 162 valence electrons. The Labute approximate surface area is 183 Å². The lowest BCUT2D eigenvalue weighted by Gasteiger charge is -2.39. The molecular formula is C23H29N7O. The fraction of sp³-hybridized carbons (Fsp3) is 0.391. The van der Waals surface area contributed by atoms with Crippen molar-refractivity contribution in [2.24, 2.45) is 0 Å². The second-order valence-electron chi connectivity index (χ2n) is 8.13. The molecule has 8 nitrogen and oxygen atoms in total. The Morgan fingerprint density at radius 3 is 2.29 bits per heavy atom. The molecule has 2 aromatic heterocycles. The van der Waals surface area contributed by atoms with Crippen molar-refractivity contribution in [1.82, 2.24) is 24.6 Å². The highest BCUT2D eigenvalue weighted by atomic mass is 16.1. The molecule has 1 aliphatic heterocycles. The summed E-state index contributed by atoms with van der Waals surface area (Å²) in [5.41, 5.74) is 5.21. The Morgan fingerprint density at radius 2 is 1.71 bits per heavy atom. The highest BCUT2D eigenvalue weighted by Crippen LogP contribution is 2.31. The Bertz CT molecular complexity index is 1040. The zero-order chi connectivity index (χ0) is 22.0. The number of anilines is 2. The molecule has 3 heterocycles. The van der Waals surface area contributed by atoms with E-state index in [0.29, 0.717) is 5.95 Å². The van der Waals surface area contributed by atoms with Gasteiger partial charge in [0.1, 0.15) is 0 Å². The number of hydrogen-bond acceptors (Lipinski definition) is 7. The van der Waals surface area contributed by atoms with E-state index in [9.17, 15) is 4.79 Å². The monoisotopic (exact) mass is 419 g/mol. The molecule has 0 N–H and O–H groups in total. The van der Waals surface area contributed by atoms with Gasteiger partial charge >= 0.3 is 0 Å². The fourth-order valence-corrected chi connectivity index (χ4v) is 4.12. The maximum Gasteiger partial charge on any atom is 0.224 e. The average molecular weight is 420 g/mol. The zero-order valence-electron chi connectivity index (χ0n) is 18.6. The van der Waals surface area contributed by atoms with Gasteiger partial charge in [-0.15, -0.1) is 0 Å². The lowest BCUT2D eigenvalue weighted by Crippen LogP contribution is -2.49. The molecule has 31 heavy (non-hydrogen) atoms. The molecule has 1 saturated heterocycles. The maximum atomic E-state index is 11.9. The first-order valence-electron chi connectivity index (χ1n) is 10.5. The zero-order valence-corrected chi connectivity index (χ0v) is 18.6. The van der Waals surface area contributed by atoms with Gasteiger partial charge in [-0.3, -0.25) is 9.69 Å². The van der Waals surface area contributed by atoms with Gasteiger partial charge in [0.2, 0.25) is 5.95 Å². The number of aryl methyl sites for hydroxylation is 2. The number of hydrogen-bond donors (Lipinski definition) is 0. The summed E-state index contributed by atoms with van der Waals surface area (Å²) in [6, 6.07) is 10.4. The van der Waals surface area contributed by atoms with Crippen LogP contribution in [0.1, 0.15) is 17.6 Å². The summed E-state index contributed by atoms with van der Waals surface area (Å²) in [5.74, 6) is 0.693. The van der Waals surface area contributed by atoms with Crippen molar-refractivity contribution in [2.45, 2.75) is 20.0 Å². The molecule has 0 saturated carbocycles. The summed E-state index contributed by atoms with van der Waals surface area (Å²) in [4.78, 5) is 27.3. The number of benzene rings is 1.